The van der Waals surface area contributed by atoms with E-state index in [1.807, 2.05) is 0 Å². The van der Waals surface area contributed by atoms with Crippen molar-refractivity contribution in [2.75, 3.05) is 13.1 Å². The van der Waals surface area contributed by atoms with Gasteiger partial charge in [0.25, 0.3) is 5.91 Å². The molecule has 1 aromatic carbocycles. The van der Waals surface area contributed by atoms with Crippen molar-refractivity contribution in [3.05, 3.63) is 35.6 Å². The first kappa shape index (κ1) is 13.5. The van der Waals surface area contributed by atoms with E-state index >= 15 is 0 Å². The number of likely N-dealkylation sites (tertiary alicyclic amines) is 1. The molecular weight excluding hydrogens is 249 g/mol. The van der Waals surface area contributed by atoms with Gasteiger partial charge in [-0.2, -0.15) is 0 Å². The third kappa shape index (κ3) is 2.90. The van der Waals surface area contributed by atoms with E-state index < -0.39 is 5.82 Å². The minimum absolute atomic E-state index is 0.0734. The van der Waals surface area contributed by atoms with Gasteiger partial charge in [0.15, 0.2) is 0 Å². The van der Waals surface area contributed by atoms with Crippen LogP contribution >= 0.6 is 0 Å². The van der Waals surface area contributed by atoms with Crippen LogP contribution in [0.25, 0.3) is 0 Å². The second-order valence-corrected chi connectivity index (χ2v) is 4.55. The van der Waals surface area contributed by atoms with Crippen molar-refractivity contribution in [3.8, 4) is 0 Å². The first-order valence-corrected chi connectivity index (χ1v) is 6.17. The predicted molar refractivity (Wildman–Crippen MR) is 67.4 cm³/mol. The van der Waals surface area contributed by atoms with Crippen LogP contribution in [0.3, 0.4) is 0 Å². The molecule has 1 aliphatic heterocycles. The van der Waals surface area contributed by atoms with Crippen LogP contribution in [0.5, 0.6) is 0 Å². The SMILES string of the molecule is NNC(=O)C1CCN(C(=O)c2ccccc2F)CC1. The smallest absolute Gasteiger partial charge is 0.256 e. The molecule has 0 atom stereocenters. The number of nitrogens with zero attached hydrogens (tertiary/aromatic N) is 1. The van der Waals surface area contributed by atoms with E-state index in [1.165, 1.54) is 12.1 Å². The minimum Gasteiger partial charge on any atom is -0.339 e. The van der Waals surface area contributed by atoms with Gasteiger partial charge in [-0.1, -0.05) is 12.1 Å². The summed E-state index contributed by atoms with van der Waals surface area (Å²) in [5.74, 6) is 3.85. The molecule has 1 saturated heterocycles. The molecule has 1 fully saturated rings. The second-order valence-electron chi connectivity index (χ2n) is 4.55. The molecule has 1 aromatic rings. The van der Waals surface area contributed by atoms with E-state index in [9.17, 15) is 14.0 Å². The van der Waals surface area contributed by atoms with Gasteiger partial charge in [0.05, 0.1) is 5.56 Å². The van der Waals surface area contributed by atoms with Gasteiger partial charge in [-0.25, -0.2) is 10.2 Å². The summed E-state index contributed by atoms with van der Waals surface area (Å²) in [6, 6.07) is 5.91. The highest BCUT2D eigenvalue weighted by Gasteiger charge is 2.28. The molecule has 0 unspecified atom stereocenters. The number of rotatable bonds is 2. The number of hydrogen-bond donors (Lipinski definition) is 2. The molecule has 0 spiro atoms. The fourth-order valence-electron chi connectivity index (χ4n) is 2.27. The van der Waals surface area contributed by atoms with E-state index in [0.29, 0.717) is 25.9 Å². The average Bonchev–Trinajstić information content (AvgIpc) is 2.46. The van der Waals surface area contributed by atoms with Crippen LogP contribution < -0.4 is 11.3 Å². The molecule has 5 nitrogen and oxygen atoms in total. The molecule has 0 radical (unpaired) electrons. The molecular formula is C13H16FN3O2. The summed E-state index contributed by atoms with van der Waals surface area (Å²) in [6.07, 6.45) is 1.09. The normalized spacial score (nSPS) is 16.2. The van der Waals surface area contributed by atoms with Gasteiger partial charge in [-0.3, -0.25) is 15.0 Å². The molecule has 6 heteroatoms. The number of benzene rings is 1. The number of carbonyl (C=O) groups excluding carboxylic acids is 2. The average molecular weight is 265 g/mol. The number of halogens is 1. The Morgan fingerprint density at radius 3 is 2.47 bits per heavy atom. The highest BCUT2D eigenvalue weighted by molar-refractivity contribution is 5.94. The summed E-state index contributed by atoms with van der Waals surface area (Å²) in [4.78, 5) is 25.1. The largest absolute Gasteiger partial charge is 0.339 e. The Labute approximate surface area is 110 Å². The van der Waals surface area contributed by atoms with Crippen molar-refractivity contribution in [2.24, 2.45) is 11.8 Å². The summed E-state index contributed by atoms with van der Waals surface area (Å²) in [6.45, 7) is 0.872. The molecule has 102 valence electrons. The minimum atomic E-state index is -0.519. The van der Waals surface area contributed by atoms with Crippen molar-refractivity contribution in [1.29, 1.82) is 0 Å². The van der Waals surface area contributed by atoms with Crippen LogP contribution in [-0.4, -0.2) is 29.8 Å². The number of nitrogens with two attached hydrogens (primary N) is 1. The topological polar surface area (TPSA) is 75.4 Å². The van der Waals surface area contributed by atoms with Gasteiger partial charge in [-0.15, -0.1) is 0 Å². The summed E-state index contributed by atoms with van der Waals surface area (Å²) < 4.78 is 13.5. The first-order valence-electron chi connectivity index (χ1n) is 6.17. The summed E-state index contributed by atoms with van der Waals surface area (Å²) in [5, 5.41) is 0. The van der Waals surface area contributed by atoms with Crippen molar-refractivity contribution in [1.82, 2.24) is 10.3 Å². The van der Waals surface area contributed by atoms with E-state index in [1.54, 1.807) is 17.0 Å². The van der Waals surface area contributed by atoms with Crippen LogP contribution in [0.1, 0.15) is 23.2 Å². The van der Waals surface area contributed by atoms with Crippen LogP contribution in [0.15, 0.2) is 24.3 Å². The predicted octanol–water partition coefficient (Wildman–Crippen LogP) is 0.668. The maximum absolute atomic E-state index is 13.5. The standard InChI is InChI=1S/C13H16FN3O2/c14-11-4-2-1-3-10(11)13(19)17-7-5-9(6-8-17)12(18)16-15/h1-4,9H,5-8,15H2,(H,16,18). The van der Waals surface area contributed by atoms with Crippen molar-refractivity contribution < 1.29 is 14.0 Å². The third-order valence-electron chi connectivity index (χ3n) is 3.40. The second kappa shape index (κ2) is 5.79. The van der Waals surface area contributed by atoms with Gasteiger partial charge in [0, 0.05) is 19.0 Å². The zero-order chi connectivity index (χ0) is 13.8. The van der Waals surface area contributed by atoms with Crippen LogP contribution in [-0.2, 0) is 4.79 Å². The Hall–Kier alpha value is -1.95. The molecule has 0 aliphatic carbocycles. The van der Waals surface area contributed by atoms with Gasteiger partial charge in [0.2, 0.25) is 5.91 Å². The van der Waals surface area contributed by atoms with E-state index in [2.05, 4.69) is 5.43 Å². The van der Waals surface area contributed by atoms with Gasteiger partial charge in [-0.05, 0) is 25.0 Å². The summed E-state index contributed by atoms with van der Waals surface area (Å²) in [7, 11) is 0. The zero-order valence-electron chi connectivity index (χ0n) is 10.4. The molecule has 19 heavy (non-hydrogen) atoms. The Kier molecular flexibility index (Phi) is 4.11. The van der Waals surface area contributed by atoms with E-state index in [4.69, 9.17) is 5.84 Å². The maximum Gasteiger partial charge on any atom is 0.256 e. The molecule has 1 aliphatic rings. The van der Waals surface area contributed by atoms with Crippen molar-refractivity contribution in [3.63, 3.8) is 0 Å². The lowest BCUT2D eigenvalue weighted by Gasteiger charge is -2.31. The molecule has 2 rings (SSSR count). The molecule has 0 aromatic heterocycles. The number of nitrogens with one attached hydrogen (secondary N) is 1. The summed E-state index contributed by atoms with van der Waals surface area (Å²) >= 11 is 0. The third-order valence-corrected chi connectivity index (χ3v) is 3.40. The van der Waals surface area contributed by atoms with Gasteiger partial charge in [0.1, 0.15) is 5.82 Å². The Bertz CT molecular complexity index is 485. The molecule has 2 amide bonds. The van der Waals surface area contributed by atoms with Crippen LogP contribution in [0, 0.1) is 11.7 Å². The fraction of sp³-hybridized carbons (Fsp3) is 0.385. The van der Waals surface area contributed by atoms with Crippen molar-refractivity contribution in [2.45, 2.75) is 12.8 Å². The summed E-state index contributed by atoms with van der Waals surface area (Å²) in [5.41, 5.74) is 2.19. The lowest BCUT2D eigenvalue weighted by molar-refractivity contribution is -0.126. The Morgan fingerprint density at radius 1 is 1.26 bits per heavy atom. The number of carbonyl (C=O) groups is 2. The lowest BCUT2D eigenvalue weighted by atomic mass is 9.95. The Morgan fingerprint density at radius 2 is 1.89 bits per heavy atom. The maximum atomic E-state index is 13.5. The quantitative estimate of drug-likeness (QED) is 0.469. The highest BCUT2D eigenvalue weighted by atomic mass is 19.1. The fourth-order valence-corrected chi connectivity index (χ4v) is 2.27. The van der Waals surface area contributed by atoms with E-state index in [0.717, 1.165) is 0 Å². The number of hydrazine groups is 1. The molecule has 3 N–H and O–H groups in total. The first-order chi connectivity index (χ1) is 9.13. The number of piperidine rings is 1. The molecule has 0 saturated carbocycles. The van der Waals surface area contributed by atoms with Gasteiger partial charge < -0.3 is 4.90 Å². The molecule has 0 bridgehead atoms. The highest BCUT2D eigenvalue weighted by Crippen LogP contribution is 2.19. The monoisotopic (exact) mass is 265 g/mol. The van der Waals surface area contributed by atoms with Crippen LogP contribution in [0.4, 0.5) is 4.39 Å². The van der Waals surface area contributed by atoms with Crippen molar-refractivity contribution >= 4 is 11.8 Å². The van der Waals surface area contributed by atoms with E-state index in [-0.39, 0.29) is 23.3 Å². The van der Waals surface area contributed by atoms with Gasteiger partial charge >= 0.3 is 0 Å². The molecule has 1 heterocycles. The van der Waals surface area contributed by atoms with Crippen LogP contribution in [0.2, 0.25) is 0 Å². The number of amides is 2. The zero-order valence-corrected chi connectivity index (χ0v) is 10.4. The lowest BCUT2D eigenvalue weighted by Crippen LogP contribution is -2.44. The number of hydrogen-bond acceptors (Lipinski definition) is 3. The Balaban J connectivity index is 2.00.